The van der Waals surface area contributed by atoms with Gasteiger partial charge in [-0.15, -0.1) is 11.3 Å². The Morgan fingerprint density at radius 2 is 1.86 bits per heavy atom. The summed E-state index contributed by atoms with van der Waals surface area (Å²) in [4.78, 5) is 17.8. The summed E-state index contributed by atoms with van der Waals surface area (Å²) in [5.41, 5.74) is 1.74. The molecule has 146 valence electrons. The van der Waals surface area contributed by atoms with Crippen LogP contribution in [-0.2, 0) is 11.3 Å². The Kier molecular flexibility index (Phi) is 5.53. The van der Waals surface area contributed by atoms with Gasteiger partial charge in [0.25, 0.3) is 5.91 Å². The van der Waals surface area contributed by atoms with Gasteiger partial charge in [0.15, 0.2) is 0 Å². The van der Waals surface area contributed by atoms with Crippen LogP contribution in [-0.4, -0.2) is 44.1 Å². The van der Waals surface area contributed by atoms with E-state index in [-0.39, 0.29) is 18.3 Å². The summed E-state index contributed by atoms with van der Waals surface area (Å²) in [7, 11) is 1.56. The Labute approximate surface area is 172 Å². The molecule has 1 aromatic heterocycles. The van der Waals surface area contributed by atoms with Crippen molar-refractivity contribution in [3.63, 3.8) is 0 Å². The SMILES string of the molecule is COCc1c(C(=O)N2CCN(c3ccc(Cl)cc3)CC2)sc2cccc(F)c12. The molecular weight excluding hydrogens is 399 g/mol. The van der Waals surface area contributed by atoms with E-state index in [1.165, 1.54) is 17.4 Å². The van der Waals surface area contributed by atoms with E-state index in [0.29, 0.717) is 33.9 Å². The summed E-state index contributed by atoms with van der Waals surface area (Å²) in [5, 5.41) is 1.21. The molecule has 28 heavy (non-hydrogen) atoms. The summed E-state index contributed by atoms with van der Waals surface area (Å²) in [6.45, 7) is 2.93. The second kappa shape index (κ2) is 8.07. The summed E-state index contributed by atoms with van der Waals surface area (Å²) < 4.78 is 20.4. The molecule has 0 saturated carbocycles. The largest absolute Gasteiger partial charge is 0.380 e. The minimum atomic E-state index is -0.313. The van der Waals surface area contributed by atoms with Crippen LogP contribution in [0.2, 0.25) is 5.02 Å². The maximum absolute atomic E-state index is 14.4. The molecule has 1 amide bonds. The van der Waals surface area contributed by atoms with E-state index in [9.17, 15) is 9.18 Å². The first-order chi connectivity index (χ1) is 13.6. The molecule has 4 nitrogen and oxygen atoms in total. The van der Waals surface area contributed by atoms with Crippen LogP contribution in [0.3, 0.4) is 0 Å². The van der Waals surface area contributed by atoms with Gasteiger partial charge in [-0.1, -0.05) is 17.7 Å². The average molecular weight is 419 g/mol. The quantitative estimate of drug-likeness (QED) is 0.610. The molecule has 0 aliphatic carbocycles. The van der Waals surface area contributed by atoms with Crippen LogP contribution in [0.4, 0.5) is 10.1 Å². The Balaban J connectivity index is 1.55. The van der Waals surface area contributed by atoms with Gasteiger partial charge in [0.2, 0.25) is 0 Å². The maximum Gasteiger partial charge on any atom is 0.264 e. The third-order valence-corrected chi connectivity index (χ3v) is 6.44. The van der Waals surface area contributed by atoms with Gasteiger partial charge in [-0.05, 0) is 36.4 Å². The predicted molar refractivity (Wildman–Crippen MR) is 112 cm³/mol. The molecule has 1 saturated heterocycles. The van der Waals surface area contributed by atoms with Gasteiger partial charge in [0, 0.05) is 59.6 Å². The molecule has 2 heterocycles. The van der Waals surface area contributed by atoms with Crippen molar-refractivity contribution in [1.29, 1.82) is 0 Å². The van der Waals surface area contributed by atoms with Crippen molar-refractivity contribution in [1.82, 2.24) is 4.90 Å². The average Bonchev–Trinajstić information content (AvgIpc) is 3.08. The summed E-state index contributed by atoms with van der Waals surface area (Å²) >= 11 is 7.30. The van der Waals surface area contributed by atoms with Crippen molar-refractivity contribution < 1.29 is 13.9 Å². The number of carbonyl (C=O) groups excluding carboxylic acids is 1. The van der Waals surface area contributed by atoms with E-state index in [0.717, 1.165) is 23.5 Å². The van der Waals surface area contributed by atoms with E-state index in [2.05, 4.69) is 4.90 Å². The fourth-order valence-electron chi connectivity index (χ4n) is 3.59. The molecule has 1 aliphatic rings. The number of rotatable bonds is 4. The Hall–Kier alpha value is -2.15. The second-order valence-corrected chi connectivity index (χ2v) is 8.20. The van der Waals surface area contributed by atoms with Crippen LogP contribution in [0.25, 0.3) is 10.1 Å². The molecule has 0 unspecified atom stereocenters. The first-order valence-corrected chi connectivity index (χ1v) is 10.3. The number of carbonyl (C=O) groups is 1. The van der Waals surface area contributed by atoms with Crippen LogP contribution in [0.1, 0.15) is 15.2 Å². The van der Waals surface area contributed by atoms with Crippen molar-refractivity contribution >= 4 is 44.6 Å². The third kappa shape index (κ3) is 3.60. The van der Waals surface area contributed by atoms with Crippen LogP contribution >= 0.6 is 22.9 Å². The smallest absolute Gasteiger partial charge is 0.264 e. The van der Waals surface area contributed by atoms with Gasteiger partial charge >= 0.3 is 0 Å². The molecule has 0 bridgehead atoms. The van der Waals surface area contributed by atoms with Crippen molar-refractivity contribution in [2.45, 2.75) is 6.61 Å². The number of fused-ring (bicyclic) bond motifs is 1. The highest BCUT2D eigenvalue weighted by molar-refractivity contribution is 7.21. The molecule has 1 fully saturated rings. The molecule has 7 heteroatoms. The number of piperazine rings is 1. The Bertz CT molecular complexity index is 998. The third-order valence-electron chi connectivity index (χ3n) is 5.00. The number of methoxy groups -OCH3 is 1. The molecule has 4 rings (SSSR count). The molecule has 1 aliphatic heterocycles. The number of halogens is 2. The lowest BCUT2D eigenvalue weighted by atomic mass is 10.1. The van der Waals surface area contributed by atoms with Gasteiger partial charge in [-0.2, -0.15) is 0 Å². The lowest BCUT2D eigenvalue weighted by molar-refractivity contribution is 0.0747. The van der Waals surface area contributed by atoms with E-state index >= 15 is 0 Å². The molecular formula is C21H20ClFN2O2S. The first-order valence-electron chi connectivity index (χ1n) is 9.07. The molecule has 0 spiro atoms. The summed E-state index contributed by atoms with van der Waals surface area (Å²) in [6, 6.07) is 12.7. The Morgan fingerprint density at radius 1 is 1.14 bits per heavy atom. The van der Waals surface area contributed by atoms with E-state index in [1.54, 1.807) is 13.2 Å². The van der Waals surface area contributed by atoms with Crippen LogP contribution in [0.5, 0.6) is 0 Å². The van der Waals surface area contributed by atoms with Crippen molar-refractivity contribution in [3.8, 4) is 0 Å². The van der Waals surface area contributed by atoms with E-state index in [1.807, 2.05) is 35.2 Å². The monoisotopic (exact) mass is 418 g/mol. The van der Waals surface area contributed by atoms with E-state index < -0.39 is 0 Å². The highest BCUT2D eigenvalue weighted by atomic mass is 35.5. The molecule has 0 atom stereocenters. The molecule has 2 aromatic carbocycles. The summed E-state index contributed by atoms with van der Waals surface area (Å²) in [6.07, 6.45) is 0. The molecule has 0 N–H and O–H groups in total. The van der Waals surface area contributed by atoms with Crippen LogP contribution in [0, 0.1) is 5.82 Å². The normalized spacial score (nSPS) is 14.7. The lowest BCUT2D eigenvalue weighted by Crippen LogP contribution is -2.48. The number of thiophene rings is 1. The Morgan fingerprint density at radius 3 is 2.54 bits per heavy atom. The number of benzene rings is 2. The van der Waals surface area contributed by atoms with Gasteiger partial charge < -0.3 is 14.5 Å². The zero-order valence-electron chi connectivity index (χ0n) is 15.5. The van der Waals surface area contributed by atoms with Crippen LogP contribution in [0.15, 0.2) is 42.5 Å². The fourth-order valence-corrected chi connectivity index (χ4v) is 4.90. The summed E-state index contributed by atoms with van der Waals surface area (Å²) in [5.74, 6) is -0.365. The number of hydrogen-bond acceptors (Lipinski definition) is 4. The zero-order chi connectivity index (χ0) is 19.7. The second-order valence-electron chi connectivity index (χ2n) is 6.71. The van der Waals surface area contributed by atoms with E-state index in [4.69, 9.17) is 16.3 Å². The fraction of sp³-hybridized carbons (Fsp3) is 0.286. The lowest BCUT2D eigenvalue weighted by Gasteiger charge is -2.36. The molecule has 3 aromatic rings. The minimum absolute atomic E-state index is 0.0524. The van der Waals surface area contributed by atoms with Crippen molar-refractivity contribution in [2.24, 2.45) is 0 Å². The van der Waals surface area contributed by atoms with Crippen molar-refractivity contribution in [3.05, 3.63) is 63.7 Å². The number of anilines is 1. The standard InChI is InChI=1S/C21H20ClFN2O2S/c1-27-13-16-19-17(23)3-2-4-18(19)28-20(16)21(26)25-11-9-24(10-12-25)15-7-5-14(22)6-8-15/h2-8H,9-13H2,1H3. The van der Waals surface area contributed by atoms with Crippen molar-refractivity contribution in [2.75, 3.05) is 38.2 Å². The molecule has 0 radical (unpaired) electrons. The predicted octanol–water partition coefficient (Wildman–Crippen LogP) is 4.80. The van der Waals surface area contributed by atoms with Gasteiger partial charge in [0.05, 0.1) is 11.5 Å². The topological polar surface area (TPSA) is 32.8 Å². The maximum atomic E-state index is 14.4. The first kappa shape index (κ1) is 19.2. The van der Waals surface area contributed by atoms with Gasteiger partial charge in [-0.25, -0.2) is 4.39 Å². The number of nitrogens with zero attached hydrogens (tertiary/aromatic N) is 2. The number of ether oxygens (including phenoxy) is 1. The number of amides is 1. The highest BCUT2D eigenvalue weighted by Crippen LogP contribution is 2.35. The van der Waals surface area contributed by atoms with Gasteiger partial charge in [-0.3, -0.25) is 4.79 Å². The minimum Gasteiger partial charge on any atom is -0.380 e. The van der Waals surface area contributed by atoms with Gasteiger partial charge in [0.1, 0.15) is 5.82 Å². The highest BCUT2D eigenvalue weighted by Gasteiger charge is 2.27. The number of hydrogen-bond donors (Lipinski definition) is 0. The zero-order valence-corrected chi connectivity index (χ0v) is 17.0. The van der Waals surface area contributed by atoms with Crippen LogP contribution < -0.4 is 4.90 Å².